The van der Waals surface area contributed by atoms with Crippen LogP contribution in [0.2, 0.25) is 0 Å². The predicted molar refractivity (Wildman–Crippen MR) is 199 cm³/mol. The number of carbonyl (C=O) groups is 3. The Balaban J connectivity index is 0.00000580. The van der Waals surface area contributed by atoms with Crippen LogP contribution in [0.5, 0.6) is 0 Å². The Morgan fingerprint density at radius 2 is 1.34 bits per heavy atom. The van der Waals surface area contributed by atoms with E-state index in [0.717, 1.165) is 0 Å². The minimum atomic E-state index is -5.31. The SMILES string of the molecule is CCCC(=O)OC(C(CC)C(C)C)C(OC(=O)CCC)[C@@H](C)[C@H]1[C@@H](O)C(OC(C)=O)C2C3CCC4C[C@H](OS(=O)(=O)[O-])[C@@H](OS(=O)(=O)[O-])C[C@]4(C)C3CC[C@@]21C.[Na+].[Na+]. The maximum atomic E-state index is 13.4. The smallest absolute Gasteiger partial charge is 0.726 e. The van der Waals surface area contributed by atoms with Crippen LogP contribution in [0.25, 0.3) is 0 Å². The van der Waals surface area contributed by atoms with E-state index in [0.29, 0.717) is 44.9 Å². The zero-order chi connectivity index (χ0) is 42.1. The molecule has 0 aromatic heterocycles. The Hall–Kier alpha value is 0.110. The summed E-state index contributed by atoms with van der Waals surface area (Å²) in [6, 6.07) is 0. The molecular formula is C39H64Na2O15S2. The van der Waals surface area contributed by atoms with Crippen molar-refractivity contribution >= 4 is 38.7 Å². The number of fused-ring (bicyclic) bond motifs is 5. The van der Waals surface area contributed by atoms with Crippen molar-refractivity contribution in [2.75, 3.05) is 0 Å². The number of hydrogen-bond donors (Lipinski definition) is 1. The third-order valence-electron chi connectivity index (χ3n) is 14.1. The van der Waals surface area contributed by atoms with Gasteiger partial charge in [-0.1, -0.05) is 55.4 Å². The summed E-state index contributed by atoms with van der Waals surface area (Å²) in [6.45, 7) is 17.0. The van der Waals surface area contributed by atoms with Gasteiger partial charge in [-0.25, -0.2) is 16.8 Å². The number of carbonyl (C=O) groups excluding carboxylic acids is 3. The molecule has 0 radical (unpaired) electrons. The second-order valence-electron chi connectivity index (χ2n) is 17.8. The average Bonchev–Trinajstić information content (AvgIpc) is 3.27. The van der Waals surface area contributed by atoms with E-state index in [1.54, 1.807) is 0 Å². The number of aliphatic hydroxyl groups is 1. The molecule has 324 valence electrons. The van der Waals surface area contributed by atoms with Crippen LogP contribution < -0.4 is 59.1 Å². The van der Waals surface area contributed by atoms with Gasteiger partial charge in [0.2, 0.25) is 20.8 Å². The minimum absolute atomic E-state index is 0. The molecule has 0 aromatic carbocycles. The second kappa shape index (κ2) is 21.7. The zero-order valence-electron chi connectivity index (χ0n) is 36.3. The molecule has 0 heterocycles. The Morgan fingerprint density at radius 3 is 1.83 bits per heavy atom. The van der Waals surface area contributed by atoms with E-state index in [4.69, 9.17) is 22.6 Å². The topological polar surface area (TPSA) is 232 Å². The van der Waals surface area contributed by atoms with Crippen molar-refractivity contribution in [3.05, 3.63) is 0 Å². The first kappa shape index (κ1) is 54.2. The van der Waals surface area contributed by atoms with Gasteiger partial charge >= 0.3 is 77.0 Å². The van der Waals surface area contributed by atoms with Gasteiger partial charge in [0.25, 0.3) is 0 Å². The largest absolute Gasteiger partial charge is 1.00 e. The van der Waals surface area contributed by atoms with Gasteiger partial charge in [-0.2, -0.15) is 0 Å². The molecule has 1 N–H and O–H groups in total. The first-order valence-electron chi connectivity index (χ1n) is 20.4. The van der Waals surface area contributed by atoms with Crippen LogP contribution in [0.15, 0.2) is 0 Å². The van der Waals surface area contributed by atoms with Crippen LogP contribution in [0.4, 0.5) is 0 Å². The normalized spacial score (nSPS) is 35.4. The first-order chi connectivity index (χ1) is 25.9. The molecule has 0 aliphatic heterocycles. The Kier molecular flexibility index (Phi) is 20.3. The van der Waals surface area contributed by atoms with E-state index in [9.17, 15) is 45.4 Å². The molecule has 0 saturated heterocycles. The molecule has 4 aliphatic rings. The predicted octanol–water partition coefficient (Wildman–Crippen LogP) is -0.791. The fraction of sp³-hybridized carbons (Fsp3) is 0.923. The van der Waals surface area contributed by atoms with Crippen molar-refractivity contribution in [1.29, 1.82) is 0 Å². The average molecular weight is 883 g/mol. The molecule has 4 aliphatic carbocycles. The molecule has 15 nitrogen and oxygen atoms in total. The fourth-order valence-electron chi connectivity index (χ4n) is 12.1. The molecule has 4 fully saturated rings. The summed E-state index contributed by atoms with van der Waals surface area (Å²) in [5, 5.41) is 12.5. The molecular weight excluding hydrogens is 819 g/mol. The van der Waals surface area contributed by atoms with Crippen LogP contribution in [0.3, 0.4) is 0 Å². The van der Waals surface area contributed by atoms with Crippen molar-refractivity contribution in [3.8, 4) is 0 Å². The quantitative estimate of drug-likeness (QED) is 0.0620. The number of hydrogen-bond acceptors (Lipinski definition) is 15. The maximum absolute atomic E-state index is 13.4. The summed E-state index contributed by atoms with van der Waals surface area (Å²) < 4.78 is 98.7. The van der Waals surface area contributed by atoms with Crippen LogP contribution in [-0.4, -0.2) is 85.6 Å². The van der Waals surface area contributed by atoms with Crippen molar-refractivity contribution in [3.63, 3.8) is 0 Å². The number of aliphatic hydroxyl groups excluding tert-OH is 1. The molecule has 19 heteroatoms. The molecule has 0 amide bonds. The van der Waals surface area contributed by atoms with Gasteiger partial charge in [-0.15, -0.1) is 0 Å². The van der Waals surface area contributed by atoms with Crippen molar-refractivity contribution in [1.82, 2.24) is 0 Å². The van der Waals surface area contributed by atoms with Gasteiger partial charge < -0.3 is 28.4 Å². The van der Waals surface area contributed by atoms with Gasteiger partial charge in [-0.05, 0) is 92.3 Å². The second-order valence-corrected chi connectivity index (χ2v) is 19.8. The number of ether oxygens (including phenoxy) is 3. The standard InChI is InChI=1S/C39H66O15S2.2Na/c1-10-13-30(41)51-35(36(25(12-3)21(4)5)52-31(42)14-11-2)22(6)32-34(43)37(50-23(7)40)33-26-16-15-24-19-28(53-55(44,45)46)29(54-56(47,48)49)20-39(24,9)27(26)17-18-38(32,33)8;;/h21-22,24-29,32-37,43H,10-20H2,1-9H3,(H,44,45,46)(H,47,48,49);;/q;2*+1/p-2/t22-,24?,25?,26?,27?,28-,29-,32-,33?,34+,35?,36?,37?,38+,39-;;/m0../s1. The molecule has 58 heavy (non-hydrogen) atoms. The van der Waals surface area contributed by atoms with Crippen molar-refractivity contribution < 1.29 is 127 Å². The van der Waals surface area contributed by atoms with Gasteiger partial charge in [-0.3, -0.25) is 22.7 Å². The fourth-order valence-corrected chi connectivity index (χ4v) is 13.1. The Labute approximate surface area is 390 Å². The molecule has 0 aromatic rings. The summed E-state index contributed by atoms with van der Waals surface area (Å²) in [6.07, 6.45) is -2.75. The summed E-state index contributed by atoms with van der Waals surface area (Å²) in [5.74, 6) is -3.72. The third-order valence-corrected chi connectivity index (χ3v) is 15.1. The van der Waals surface area contributed by atoms with E-state index in [1.807, 2.05) is 48.5 Å². The Bertz CT molecular complexity index is 1630. The summed E-state index contributed by atoms with van der Waals surface area (Å²) >= 11 is 0. The molecule has 15 atom stereocenters. The zero-order valence-corrected chi connectivity index (χ0v) is 42.0. The maximum Gasteiger partial charge on any atom is 1.00 e. The van der Waals surface area contributed by atoms with E-state index >= 15 is 0 Å². The van der Waals surface area contributed by atoms with Gasteiger partial charge in [0.05, 0.1) is 6.10 Å². The summed E-state index contributed by atoms with van der Waals surface area (Å²) in [4.78, 5) is 39.3. The molecule has 8 unspecified atom stereocenters. The van der Waals surface area contributed by atoms with E-state index in [2.05, 4.69) is 6.92 Å². The first-order valence-corrected chi connectivity index (χ1v) is 23.1. The molecule has 0 bridgehead atoms. The number of rotatable bonds is 17. The van der Waals surface area contributed by atoms with E-state index < -0.39 is 104 Å². The van der Waals surface area contributed by atoms with Gasteiger partial charge in [0.1, 0.15) is 30.5 Å². The molecule has 4 rings (SSSR count). The van der Waals surface area contributed by atoms with Gasteiger partial charge in [0.15, 0.2) is 0 Å². The minimum Gasteiger partial charge on any atom is -0.726 e. The monoisotopic (exact) mass is 882 g/mol. The van der Waals surface area contributed by atoms with Crippen LogP contribution in [-0.2, 0) is 57.8 Å². The molecule has 4 saturated carbocycles. The van der Waals surface area contributed by atoms with Crippen molar-refractivity contribution in [2.24, 2.45) is 58.2 Å². The van der Waals surface area contributed by atoms with Crippen LogP contribution >= 0.6 is 0 Å². The van der Waals surface area contributed by atoms with Crippen LogP contribution in [0, 0.1) is 58.2 Å². The summed E-state index contributed by atoms with van der Waals surface area (Å²) in [5.41, 5.74) is -1.41. The molecule has 0 spiro atoms. The van der Waals surface area contributed by atoms with E-state index in [-0.39, 0.29) is 114 Å². The van der Waals surface area contributed by atoms with Crippen molar-refractivity contribution in [2.45, 2.75) is 170 Å². The number of esters is 3. The third kappa shape index (κ3) is 12.2. The summed E-state index contributed by atoms with van der Waals surface area (Å²) in [7, 11) is -10.6. The Morgan fingerprint density at radius 1 is 0.810 bits per heavy atom. The van der Waals surface area contributed by atoms with E-state index in [1.165, 1.54) is 6.92 Å². The van der Waals surface area contributed by atoms with Crippen LogP contribution in [0.1, 0.15) is 133 Å². The van der Waals surface area contributed by atoms with Gasteiger partial charge in [0, 0.05) is 43.4 Å².